The van der Waals surface area contributed by atoms with Crippen LogP contribution in [0.3, 0.4) is 0 Å². The summed E-state index contributed by atoms with van der Waals surface area (Å²) in [5, 5.41) is 24.8. The maximum Gasteiger partial charge on any atom is 0.352 e. The number of rotatable bonds is 7. The zero-order chi connectivity index (χ0) is 15.7. The molecule has 0 radical (unpaired) electrons. The Morgan fingerprint density at radius 3 is 2.71 bits per heavy atom. The van der Waals surface area contributed by atoms with Crippen LogP contribution in [0.15, 0.2) is 11.3 Å². The van der Waals surface area contributed by atoms with Crippen LogP contribution in [-0.4, -0.2) is 55.9 Å². The number of aliphatic hydroxyl groups excluding tert-OH is 1. The van der Waals surface area contributed by atoms with Crippen LogP contribution < -0.4 is 5.14 Å². The van der Waals surface area contributed by atoms with Crippen LogP contribution in [0.5, 0.6) is 0 Å². The van der Waals surface area contributed by atoms with Gasteiger partial charge in [0, 0.05) is 16.8 Å². The number of carboxylic acid groups (broad SMARTS) is 1. The summed E-state index contributed by atoms with van der Waals surface area (Å²) in [4.78, 5) is 24.8. The Labute approximate surface area is 132 Å². The fourth-order valence-electron chi connectivity index (χ4n) is 2.92. The summed E-state index contributed by atoms with van der Waals surface area (Å²) >= 11 is 2.91. The van der Waals surface area contributed by atoms with Crippen LogP contribution in [0, 0.1) is 5.92 Å². The van der Waals surface area contributed by atoms with Crippen molar-refractivity contribution >= 4 is 35.6 Å². The average Bonchev–Trinajstić information content (AvgIpc) is 2.70. The molecule has 0 aliphatic carbocycles. The van der Waals surface area contributed by atoms with Gasteiger partial charge in [-0.2, -0.15) is 11.8 Å². The van der Waals surface area contributed by atoms with Gasteiger partial charge in [0.25, 0.3) is 0 Å². The number of hydrogen-bond acceptors (Lipinski definition) is 6. The number of nitrogens with zero attached hydrogens (tertiary/aromatic N) is 1. The third-order valence-corrected chi connectivity index (χ3v) is 6.05. The van der Waals surface area contributed by atoms with Gasteiger partial charge in [0.1, 0.15) is 5.70 Å². The van der Waals surface area contributed by atoms with Gasteiger partial charge in [-0.05, 0) is 18.9 Å². The summed E-state index contributed by atoms with van der Waals surface area (Å²) in [5.74, 6) is -0.443. The molecular formula is C13H20N2O4S2. The molecule has 0 aromatic heterocycles. The maximum atomic E-state index is 12.0. The lowest BCUT2D eigenvalue weighted by atomic mass is 9.83. The topological polar surface area (TPSA) is 104 Å². The van der Waals surface area contributed by atoms with Gasteiger partial charge in [-0.3, -0.25) is 9.93 Å². The molecule has 1 fully saturated rings. The lowest BCUT2D eigenvalue weighted by molar-refractivity contribution is -0.161. The first-order chi connectivity index (χ1) is 9.88. The lowest BCUT2D eigenvalue weighted by Crippen LogP contribution is -2.61. The van der Waals surface area contributed by atoms with E-state index in [0.29, 0.717) is 17.4 Å². The molecular weight excluding hydrogens is 312 g/mol. The molecule has 0 aromatic carbocycles. The standard InChI is InChI=1S/C13H20N2O4S2/c1-6(4-21-14)20-5-8-3-9-10(7(2)16)12(17)15(9)11(8)13(18)19/h6-7,9-10,16H,3-5,14H2,1-2H3,(H,18,19). The number of aliphatic carboxylic acids is 1. The van der Waals surface area contributed by atoms with Crippen molar-refractivity contribution in [1.82, 2.24) is 4.90 Å². The van der Waals surface area contributed by atoms with Crippen LogP contribution in [-0.2, 0) is 9.59 Å². The second-order valence-electron chi connectivity index (χ2n) is 5.46. The molecule has 0 saturated carbocycles. The van der Waals surface area contributed by atoms with E-state index in [2.05, 4.69) is 0 Å². The van der Waals surface area contributed by atoms with Crippen molar-refractivity contribution in [3.8, 4) is 0 Å². The third-order valence-electron chi connectivity index (χ3n) is 3.90. The van der Waals surface area contributed by atoms with Gasteiger partial charge in [-0.25, -0.2) is 4.79 Å². The van der Waals surface area contributed by atoms with Crippen molar-refractivity contribution in [2.45, 2.75) is 37.7 Å². The number of hydrogen-bond donors (Lipinski definition) is 3. The number of carbonyl (C=O) groups excluding carboxylic acids is 1. The molecule has 0 bridgehead atoms. The second-order valence-corrected chi connectivity index (χ2v) is 7.55. The minimum atomic E-state index is -1.06. The van der Waals surface area contributed by atoms with Crippen molar-refractivity contribution in [3.63, 3.8) is 0 Å². The molecule has 4 atom stereocenters. The molecule has 4 N–H and O–H groups in total. The van der Waals surface area contributed by atoms with Gasteiger partial charge in [0.2, 0.25) is 5.91 Å². The van der Waals surface area contributed by atoms with Crippen LogP contribution >= 0.6 is 23.7 Å². The smallest absolute Gasteiger partial charge is 0.352 e. The van der Waals surface area contributed by atoms with E-state index < -0.39 is 18.0 Å². The minimum absolute atomic E-state index is 0.113. The van der Waals surface area contributed by atoms with Crippen molar-refractivity contribution in [2.75, 3.05) is 11.5 Å². The quantitative estimate of drug-likeness (QED) is 0.465. The zero-order valence-electron chi connectivity index (χ0n) is 12.0. The average molecular weight is 332 g/mol. The first kappa shape index (κ1) is 16.7. The van der Waals surface area contributed by atoms with Gasteiger partial charge in [-0.1, -0.05) is 18.9 Å². The third kappa shape index (κ3) is 3.08. The number of fused-ring (bicyclic) bond motifs is 1. The van der Waals surface area contributed by atoms with Gasteiger partial charge < -0.3 is 15.1 Å². The molecule has 0 spiro atoms. The van der Waals surface area contributed by atoms with Crippen molar-refractivity contribution in [3.05, 3.63) is 11.3 Å². The lowest BCUT2D eigenvalue weighted by Gasteiger charge is -2.44. The Balaban J connectivity index is 2.10. The monoisotopic (exact) mass is 332 g/mol. The van der Waals surface area contributed by atoms with Crippen LogP contribution in [0.25, 0.3) is 0 Å². The summed E-state index contributed by atoms with van der Waals surface area (Å²) in [5.41, 5.74) is 0.893. The first-order valence-corrected chi connectivity index (χ1v) is 8.88. The summed E-state index contributed by atoms with van der Waals surface area (Å²) in [6.45, 7) is 3.62. The Morgan fingerprint density at radius 2 is 2.19 bits per heavy atom. The van der Waals surface area contributed by atoms with E-state index in [1.165, 1.54) is 16.8 Å². The Kier molecular flexibility index (Phi) is 5.24. The Hall–Kier alpha value is -0.700. The first-order valence-electron chi connectivity index (χ1n) is 6.78. The highest BCUT2D eigenvalue weighted by molar-refractivity contribution is 8.02. The van der Waals surface area contributed by atoms with Crippen LogP contribution in [0.2, 0.25) is 0 Å². The SMILES string of the molecule is CC(CSN)SCC1=C(C(=O)O)N2C(=O)C(C(C)O)C2C1. The van der Waals surface area contributed by atoms with E-state index in [9.17, 15) is 19.8 Å². The number of amides is 1. The molecule has 2 rings (SSSR count). The highest BCUT2D eigenvalue weighted by Crippen LogP contribution is 2.44. The molecule has 21 heavy (non-hydrogen) atoms. The largest absolute Gasteiger partial charge is 0.477 e. The molecule has 2 heterocycles. The van der Waals surface area contributed by atoms with E-state index in [1.54, 1.807) is 18.7 Å². The maximum absolute atomic E-state index is 12.0. The van der Waals surface area contributed by atoms with Crippen LogP contribution in [0.4, 0.5) is 0 Å². The Morgan fingerprint density at radius 1 is 1.52 bits per heavy atom. The van der Waals surface area contributed by atoms with Crippen LogP contribution in [0.1, 0.15) is 20.3 Å². The summed E-state index contributed by atoms with van der Waals surface area (Å²) in [6, 6.07) is -0.196. The molecule has 6 nitrogen and oxygen atoms in total. The van der Waals surface area contributed by atoms with E-state index in [1.807, 2.05) is 6.92 Å². The van der Waals surface area contributed by atoms with E-state index in [0.717, 1.165) is 11.3 Å². The van der Waals surface area contributed by atoms with Gasteiger partial charge in [0.05, 0.1) is 18.1 Å². The predicted molar refractivity (Wildman–Crippen MR) is 83.6 cm³/mol. The molecule has 0 aromatic rings. The minimum Gasteiger partial charge on any atom is -0.477 e. The van der Waals surface area contributed by atoms with E-state index >= 15 is 0 Å². The molecule has 118 valence electrons. The number of carbonyl (C=O) groups is 2. The number of aliphatic hydroxyl groups is 1. The fourth-order valence-corrected chi connectivity index (χ4v) is 4.55. The molecule has 4 unspecified atom stereocenters. The highest BCUT2D eigenvalue weighted by atomic mass is 32.2. The van der Waals surface area contributed by atoms with Crippen molar-refractivity contribution in [2.24, 2.45) is 11.1 Å². The van der Waals surface area contributed by atoms with Gasteiger partial charge >= 0.3 is 5.97 Å². The highest BCUT2D eigenvalue weighted by Gasteiger charge is 2.56. The number of β-lactam (4-membered cyclic amide) rings is 1. The van der Waals surface area contributed by atoms with Gasteiger partial charge in [-0.15, -0.1) is 0 Å². The summed E-state index contributed by atoms with van der Waals surface area (Å²) < 4.78 is 0. The summed E-state index contributed by atoms with van der Waals surface area (Å²) in [7, 11) is 0. The normalized spacial score (nSPS) is 27.4. The number of thioether (sulfide) groups is 1. The van der Waals surface area contributed by atoms with Crippen molar-refractivity contribution in [1.29, 1.82) is 0 Å². The molecule has 1 saturated heterocycles. The summed E-state index contributed by atoms with van der Waals surface area (Å²) in [6.07, 6.45) is -0.202. The predicted octanol–water partition coefficient (Wildman–Crippen LogP) is 0.665. The fraction of sp³-hybridized carbons (Fsp3) is 0.692. The van der Waals surface area contributed by atoms with Gasteiger partial charge in [0.15, 0.2) is 0 Å². The second kappa shape index (κ2) is 6.60. The Bertz CT molecular complexity index is 481. The molecule has 1 amide bonds. The zero-order valence-corrected chi connectivity index (χ0v) is 13.6. The molecule has 2 aliphatic rings. The van der Waals surface area contributed by atoms with Crippen molar-refractivity contribution < 1.29 is 19.8 Å². The molecule has 2 aliphatic heterocycles. The number of carboxylic acids is 1. The van der Waals surface area contributed by atoms with E-state index in [4.69, 9.17) is 5.14 Å². The van der Waals surface area contributed by atoms with E-state index in [-0.39, 0.29) is 17.6 Å². The molecule has 8 heteroatoms. The number of nitrogens with two attached hydrogens (primary N) is 1.